The van der Waals surface area contributed by atoms with E-state index in [4.69, 9.17) is 9.47 Å². The van der Waals surface area contributed by atoms with Crippen LogP contribution in [0.5, 0.6) is 11.5 Å². The molecule has 1 saturated carbocycles. The second kappa shape index (κ2) is 6.45. The monoisotopic (exact) mass is 299 g/mol. The highest BCUT2D eigenvalue weighted by Crippen LogP contribution is 2.28. The van der Waals surface area contributed by atoms with E-state index in [1.807, 2.05) is 18.2 Å². The van der Waals surface area contributed by atoms with Gasteiger partial charge < -0.3 is 14.8 Å². The molecule has 1 aliphatic carbocycles. The van der Waals surface area contributed by atoms with Crippen LogP contribution in [0, 0.1) is 0 Å². The molecule has 1 N–H and O–H groups in total. The molecule has 1 aromatic rings. The lowest BCUT2D eigenvalue weighted by Gasteiger charge is -2.12. The number of sulfone groups is 1. The van der Waals surface area contributed by atoms with Crippen LogP contribution in [0.2, 0.25) is 0 Å². The summed E-state index contributed by atoms with van der Waals surface area (Å²) < 4.78 is 32.9. The van der Waals surface area contributed by atoms with Gasteiger partial charge in [0.1, 0.15) is 6.61 Å². The zero-order valence-electron chi connectivity index (χ0n) is 11.9. The lowest BCUT2D eigenvalue weighted by molar-refractivity contribution is 0.311. The van der Waals surface area contributed by atoms with Crippen molar-refractivity contribution in [2.75, 3.05) is 25.7 Å². The van der Waals surface area contributed by atoms with Gasteiger partial charge in [-0.15, -0.1) is 0 Å². The molecule has 5 nitrogen and oxygen atoms in total. The maximum absolute atomic E-state index is 11.1. The van der Waals surface area contributed by atoms with Gasteiger partial charge in [-0.1, -0.05) is 6.07 Å². The van der Waals surface area contributed by atoms with Gasteiger partial charge in [0.2, 0.25) is 0 Å². The molecule has 0 unspecified atom stereocenters. The van der Waals surface area contributed by atoms with Crippen molar-refractivity contribution < 1.29 is 17.9 Å². The number of hydrogen-bond acceptors (Lipinski definition) is 5. The Morgan fingerprint density at radius 2 is 2.05 bits per heavy atom. The van der Waals surface area contributed by atoms with Crippen LogP contribution in [0.4, 0.5) is 0 Å². The first-order valence-corrected chi connectivity index (χ1v) is 8.75. The Hall–Kier alpha value is -1.27. The Morgan fingerprint density at radius 1 is 1.30 bits per heavy atom. The van der Waals surface area contributed by atoms with Crippen molar-refractivity contribution in [1.29, 1.82) is 0 Å². The summed E-state index contributed by atoms with van der Waals surface area (Å²) in [5.41, 5.74) is 1.13. The van der Waals surface area contributed by atoms with E-state index in [1.165, 1.54) is 19.1 Å². The SMILES string of the molecule is COc1cc(CNC2CC2)ccc1OCCS(C)(=O)=O. The average molecular weight is 299 g/mol. The highest BCUT2D eigenvalue weighted by atomic mass is 32.2. The van der Waals surface area contributed by atoms with Gasteiger partial charge in [-0.25, -0.2) is 8.42 Å². The summed E-state index contributed by atoms with van der Waals surface area (Å²) in [6, 6.07) is 6.37. The van der Waals surface area contributed by atoms with Crippen LogP contribution < -0.4 is 14.8 Å². The predicted molar refractivity (Wildman–Crippen MR) is 78.1 cm³/mol. The number of methoxy groups -OCH3 is 1. The van der Waals surface area contributed by atoms with Crippen LogP contribution in [0.15, 0.2) is 18.2 Å². The minimum atomic E-state index is -3.01. The molecule has 6 heteroatoms. The summed E-state index contributed by atoms with van der Waals surface area (Å²) in [4.78, 5) is 0. The maximum atomic E-state index is 11.1. The van der Waals surface area contributed by atoms with Gasteiger partial charge in [0.25, 0.3) is 0 Å². The van der Waals surface area contributed by atoms with Crippen molar-refractivity contribution >= 4 is 9.84 Å². The Bertz CT molecular complexity index is 552. The first-order valence-electron chi connectivity index (χ1n) is 6.69. The van der Waals surface area contributed by atoms with Crippen molar-refractivity contribution in [3.05, 3.63) is 23.8 Å². The van der Waals surface area contributed by atoms with Crippen molar-refractivity contribution in [2.45, 2.75) is 25.4 Å². The number of rotatable bonds is 8. The lowest BCUT2D eigenvalue weighted by Crippen LogP contribution is -2.15. The van der Waals surface area contributed by atoms with Gasteiger partial charge in [-0.2, -0.15) is 0 Å². The second-order valence-electron chi connectivity index (χ2n) is 5.12. The molecule has 0 aromatic heterocycles. The van der Waals surface area contributed by atoms with E-state index < -0.39 is 9.84 Å². The van der Waals surface area contributed by atoms with E-state index >= 15 is 0 Å². The molecule has 0 radical (unpaired) electrons. The topological polar surface area (TPSA) is 64.6 Å². The normalized spacial score (nSPS) is 15.1. The van der Waals surface area contributed by atoms with Gasteiger partial charge >= 0.3 is 0 Å². The Morgan fingerprint density at radius 3 is 2.65 bits per heavy atom. The van der Waals surface area contributed by atoms with Gasteiger partial charge in [0.15, 0.2) is 21.3 Å². The average Bonchev–Trinajstić information content (AvgIpc) is 3.20. The highest BCUT2D eigenvalue weighted by Gasteiger charge is 2.20. The quantitative estimate of drug-likeness (QED) is 0.785. The molecule has 0 saturated heterocycles. The summed E-state index contributed by atoms with van der Waals surface area (Å²) >= 11 is 0. The van der Waals surface area contributed by atoms with E-state index in [0.717, 1.165) is 12.1 Å². The van der Waals surface area contributed by atoms with E-state index in [9.17, 15) is 8.42 Å². The van der Waals surface area contributed by atoms with Crippen LogP contribution in [0.3, 0.4) is 0 Å². The molecule has 2 rings (SSSR count). The van der Waals surface area contributed by atoms with Crippen molar-refractivity contribution in [2.24, 2.45) is 0 Å². The molecule has 0 atom stereocenters. The van der Waals surface area contributed by atoms with Crippen molar-refractivity contribution in [1.82, 2.24) is 5.32 Å². The third-order valence-electron chi connectivity index (χ3n) is 3.11. The van der Waals surface area contributed by atoms with Crippen LogP contribution in [0.1, 0.15) is 18.4 Å². The Kier molecular flexibility index (Phi) is 4.88. The zero-order valence-corrected chi connectivity index (χ0v) is 12.7. The molecule has 0 aliphatic heterocycles. The third kappa shape index (κ3) is 5.02. The fraction of sp³-hybridized carbons (Fsp3) is 0.571. The van der Waals surface area contributed by atoms with Crippen LogP contribution in [-0.4, -0.2) is 40.2 Å². The fourth-order valence-electron chi connectivity index (χ4n) is 1.79. The molecular formula is C14H21NO4S. The lowest BCUT2D eigenvalue weighted by atomic mass is 10.2. The first-order chi connectivity index (χ1) is 9.48. The fourth-order valence-corrected chi connectivity index (χ4v) is 2.18. The molecule has 1 aromatic carbocycles. The molecule has 0 spiro atoms. The minimum absolute atomic E-state index is 0.00113. The van der Waals surface area contributed by atoms with E-state index in [2.05, 4.69) is 5.32 Å². The molecular weight excluding hydrogens is 278 g/mol. The van der Waals surface area contributed by atoms with Crippen LogP contribution in [0.25, 0.3) is 0 Å². The molecule has 112 valence electrons. The molecule has 0 bridgehead atoms. The summed E-state index contributed by atoms with van der Waals surface area (Å²) in [5.74, 6) is 1.21. The third-order valence-corrected chi connectivity index (χ3v) is 4.02. The van der Waals surface area contributed by atoms with E-state index in [-0.39, 0.29) is 12.4 Å². The molecule has 0 amide bonds. The number of nitrogens with one attached hydrogen (secondary N) is 1. The standard InChI is InChI=1S/C14H21NO4S/c1-18-14-9-11(10-15-12-4-5-12)3-6-13(14)19-7-8-20(2,16)17/h3,6,9,12,15H,4-5,7-8,10H2,1-2H3. The van der Waals surface area contributed by atoms with Crippen LogP contribution in [-0.2, 0) is 16.4 Å². The van der Waals surface area contributed by atoms with Crippen molar-refractivity contribution in [3.63, 3.8) is 0 Å². The van der Waals surface area contributed by atoms with E-state index in [0.29, 0.717) is 17.5 Å². The number of hydrogen-bond donors (Lipinski definition) is 1. The number of benzene rings is 1. The largest absolute Gasteiger partial charge is 0.493 e. The van der Waals surface area contributed by atoms with Crippen molar-refractivity contribution in [3.8, 4) is 11.5 Å². The molecule has 1 fully saturated rings. The maximum Gasteiger partial charge on any atom is 0.161 e. The van der Waals surface area contributed by atoms with Crippen LogP contribution >= 0.6 is 0 Å². The van der Waals surface area contributed by atoms with E-state index in [1.54, 1.807) is 7.11 Å². The van der Waals surface area contributed by atoms with Gasteiger partial charge in [-0.05, 0) is 30.5 Å². The molecule has 20 heavy (non-hydrogen) atoms. The number of ether oxygens (including phenoxy) is 2. The summed E-state index contributed by atoms with van der Waals surface area (Å²) in [6.45, 7) is 0.944. The Labute approximate surface area is 120 Å². The minimum Gasteiger partial charge on any atom is -0.493 e. The first kappa shape index (κ1) is 15.1. The van der Waals surface area contributed by atoms with Gasteiger partial charge in [0, 0.05) is 18.8 Å². The van der Waals surface area contributed by atoms with Gasteiger partial charge in [-0.3, -0.25) is 0 Å². The Balaban J connectivity index is 1.93. The summed E-state index contributed by atoms with van der Waals surface area (Å²) in [6.07, 6.45) is 3.70. The predicted octanol–water partition coefficient (Wildman–Crippen LogP) is 1.37. The summed E-state index contributed by atoms with van der Waals surface area (Å²) in [5, 5.41) is 3.43. The van der Waals surface area contributed by atoms with Gasteiger partial charge in [0.05, 0.1) is 12.9 Å². The zero-order chi connectivity index (χ0) is 14.6. The highest BCUT2D eigenvalue weighted by molar-refractivity contribution is 7.90. The molecule has 1 aliphatic rings. The molecule has 0 heterocycles. The second-order valence-corrected chi connectivity index (χ2v) is 7.38. The smallest absolute Gasteiger partial charge is 0.161 e. The summed E-state index contributed by atoms with van der Waals surface area (Å²) in [7, 11) is -1.43.